The van der Waals surface area contributed by atoms with Crippen molar-refractivity contribution >= 4 is 23.2 Å². The van der Waals surface area contributed by atoms with Gasteiger partial charge in [0.1, 0.15) is 5.75 Å². The Kier molecular flexibility index (Phi) is 5.64. The molecule has 0 aliphatic heterocycles. The highest BCUT2D eigenvalue weighted by molar-refractivity contribution is 6.17. The average molecular weight is 304 g/mol. The van der Waals surface area contributed by atoms with Crippen LogP contribution < -0.4 is 10.1 Å². The van der Waals surface area contributed by atoms with Gasteiger partial charge < -0.3 is 10.1 Å². The predicted molar refractivity (Wildman–Crippen MR) is 85.9 cm³/mol. The van der Waals surface area contributed by atoms with Crippen molar-refractivity contribution in [1.29, 1.82) is 0 Å². The quantitative estimate of drug-likeness (QED) is 0.814. The molecule has 21 heavy (non-hydrogen) atoms. The number of nitrogens with one attached hydrogen (secondary N) is 1. The lowest BCUT2D eigenvalue weighted by Crippen LogP contribution is -2.15. The van der Waals surface area contributed by atoms with Crippen LogP contribution in [0.1, 0.15) is 17.5 Å². The molecule has 110 valence electrons. The molecule has 2 aromatic rings. The van der Waals surface area contributed by atoms with Crippen LogP contribution in [-0.2, 0) is 10.7 Å². The number of rotatable bonds is 6. The Balaban J connectivity index is 1.79. The van der Waals surface area contributed by atoms with Crippen LogP contribution >= 0.6 is 11.6 Å². The SMILES string of the molecule is Cc1cccc(OCCC(=O)Nc2cccc(CCl)c2)c1. The molecular formula is C17H18ClNO2. The second-order valence-corrected chi connectivity index (χ2v) is 5.06. The van der Waals surface area contributed by atoms with Gasteiger partial charge in [0, 0.05) is 11.6 Å². The van der Waals surface area contributed by atoms with Crippen molar-refractivity contribution in [2.24, 2.45) is 0 Å². The predicted octanol–water partition coefficient (Wildman–Crippen LogP) is 4.14. The standard InChI is InChI=1S/C17H18ClNO2/c1-13-4-2-7-16(10-13)21-9-8-17(20)19-15-6-3-5-14(11-15)12-18/h2-7,10-11H,8-9,12H2,1H3,(H,19,20). The highest BCUT2D eigenvalue weighted by Crippen LogP contribution is 2.14. The van der Waals surface area contributed by atoms with Crippen molar-refractivity contribution in [1.82, 2.24) is 0 Å². The first-order chi connectivity index (χ1) is 10.2. The van der Waals surface area contributed by atoms with E-state index in [1.807, 2.05) is 55.5 Å². The maximum Gasteiger partial charge on any atom is 0.227 e. The molecule has 0 saturated carbocycles. The smallest absolute Gasteiger partial charge is 0.227 e. The zero-order chi connectivity index (χ0) is 15.1. The van der Waals surface area contributed by atoms with E-state index in [9.17, 15) is 4.79 Å². The lowest BCUT2D eigenvalue weighted by atomic mass is 10.2. The number of carbonyl (C=O) groups is 1. The maximum atomic E-state index is 11.8. The maximum absolute atomic E-state index is 11.8. The molecule has 0 aromatic heterocycles. The summed E-state index contributed by atoms with van der Waals surface area (Å²) < 4.78 is 5.56. The van der Waals surface area contributed by atoms with E-state index in [-0.39, 0.29) is 5.91 Å². The summed E-state index contributed by atoms with van der Waals surface area (Å²) in [6, 6.07) is 15.3. The molecule has 0 unspecified atom stereocenters. The molecule has 0 aliphatic carbocycles. The molecule has 0 heterocycles. The minimum Gasteiger partial charge on any atom is -0.493 e. The molecule has 0 atom stereocenters. The Labute approximate surface area is 129 Å². The largest absolute Gasteiger partial charge is 0.493 e. The number of hydrogen-bond acceptors (Lipinski definition) is 2. The van der Waals surface area contributed by atoms with Crippen LogP contribution in [0, 0.1) is 6.92 Å². The molecule has 0 saturated heterocycles. The van der Waals surface area contributed by atoms with E-state index >= 15 is 0 Å². The molecule has 1 N–H and O–H groups in total. The average Bonchev–Trinajstić information content (AvgIpc) is 2.47. The van der Waals surface area contributed by atoms with Crippen molar-refractivity contribution in [2.45, 2.75) is 19.2 Å². The number of aryl methyl sites for hydroxylation is 1. The van der Waals surface area contributed by atoms with Crippen LogP contribution in [0.5, 0.6) is 5.75 Å². The highest BCUT2D eigenvalue weighted by Gasteiger charge is 2.04. The zero-order valence-corrected chi connectivity index (χ0v) is 12.7. The molecule has 0 aliphatic rings. The van der Waals surface area contributed by atoms with Crippen molar-refractivity contribution < 1.29 is 9.53 Å². The van der Waals surface area contributed by atoms with Gasteiger partial charge in [0.25, 0.3) is 0 Å². The van der Waals surface area contributed by atoms with Gasteiger partial charge in [-0.05, 0) is 42.3 Å². The third kappa shape index (κ3) is 5.12. The Morgan fingerprint density at radius 1 is 1.19 bits per heavy atom. The first kappa shape index (κ1) is 15.4. The lowest BCUT2D eigenvalue weighted by Gasteiger charge is -2.08. The van der Waals surface area contributed by atoms with Gasteiger partial charge in [-0.15, -0.1) is 11.6 Å². The van der Waals surface area contributed by atoms with E-state index in [4.69, 9.17) is 16.3 Å². The molecule has 2 aromatic carbocycles. The third-order valence-electron chi connectivity index (χ3n) is 2.95. The van der Waals surface area contributed by atoms with Crippen LogP contribution in [-0.4, -0.2) is 12.5 Å². The van der Waals surface area contributed by atoms with Crippen LogP contribution in [0.2, 0.25) is 0 Å². The fourth-order valence-electron chi connectivity index (χ4n) is 1.92. The van der Waals surface area contributed by atoms with E-state index in [1.165, 1.54) is 0 Å². The zero-order valence-electron chi connectivity index (χ0n) is 11.9. The van der Waals surface area contributed by atoms with Crippen molar-refractivity contribution in [2.75, 3.05) is 11.9 Å². The van der Waals surface area contributed by atoms with Crippen LogP contribution in [0.4, 0.5) is 5.69 Å². The molecule has 1 amide bonds. The van der Waals surface area contributed by atoms with Crippen molar-refractivity contribution in [3.8, 4) is 5.75 Å². The van der Waals surface area contributed by atoms with Gasteiger partial charge in [0.15, 0.2) is 0 Å². The fraction of sp³-hybridized carbons (Fsp3) is 0.235. The second-order valence-electron chi connectivity index (χ2n) is 4.80. The van der Waals surface area contributed by atoms with Gasteiger partial charge >= 0.3 is 0 Å². The van der Waals surface area contributed by atoms with Crippen LogP contribution in [0.3, 0.4) is 0 Å². The first-order valence-electron chi connectivity index (χ1n) is 6.81. The minimum absolute atomic E-state index is 0.0747. The molecule has 0 spiro atoms. The van der Waals surface area contributed by atoms with Crippen molar-refractivity contribution in [3.05, 3.63) is 59.7 Å². The molecular weight excluding hydrogens is 286 g/mol. The van der Waals surface area contributed by atoms with E-state index in [0.29, 0.717) is 18.9 Å². The summed E-state index contributed by atoms with van der Waals surface area (Å²) in [7, 11) is 0. The second kappa shape index (κ2) is 7.70. The van der Waals surface area contributed by atoms with Gasteiger partial charge in [-0.25, -0.2) is 0 Å². The molecule has 3 nitrogen and oxygen atoms in total. The first-order valence-corrected chi connectivity index (χ1v) is 7.35. The Morgan fingerprint density at radius 3 is 2.76 bits per heavy atom. The summed E-state index contributed by atoms with van der Waals surface area (Å²) in [5, 5.41) is 2.84. The van der Waals surface area contributed by atoms with Gasteiger partial charge in [-0.3, -0.25) is 4.79 Å². The number of ether oxygens (including phenoxy) is 1. The number of anilines is 1. The minimum atomic E-state index is -0.0747. The summed E-state index contributed by atoms with van der Waals surface area (Å²) in [6.45, 7) is 2.36. The number of amides is 1. The number of hydrogen-bond donors (Lipinski definition) is 1. The summed E-state index contributed by atoms with van der Waals surface area (Å²) in [4.78, 5) is 11.8. The van der Waals surface area contributed by atoms with E-state index in [2.05, 4.69) is 5.32 Å². The van der Waals surface area contributed by atoms with Crippen LogP contribution in [0.15, 0.2) is 48.5 Å². The van der Waals surface area contributed by atoms with Gasteiger partial charge in [-0.2, -0.15) is 0 Å². The Hall–Kier alpha value is -2.00. The topological polar surface area (TPSA) is 38.3 Å². The normalized spacial score (nSPS) is 10.2. The third-order valence-corrected chi connectivity index (χ3v) is 3.26. The molecule has 0 radical (unpaired) electrons. The summed E-state index contributed by atoms with van der Waals surface area (Å²) in [5.74, 6) is 1.14. The lowest BCUT2D eigenvalue weighted by molar-refractivity contribution is -0.116. The monoisotopic (exact) mass is 303 g/mol. The Morgan fingerprint density at radius 2 is 2.00 bits per heavy atom. The molecule has 2 rings (SSSR count). The van der Waals surface area contributed by atoms with Gasteiger partial charge in [-0.1, -0.05) is 24.3 Å². The Bertz CT molecular complexity index is 613. The molecule has 0 fully saturated rings. The van der Waals surface area contributed by atoms with E-state index in [1.54, 1.807) is 0 Å². The summed E-state index contributed by atoms with van der Waals surface area (Å²) in [5.41, 5.74) is 2.87. The van der Waals surface area contributed by atoms with Gasteiger partial charge in [0.2, 0.25) is 5.91 Å². The fourth-order valence-corrected chi connectivity index (χ4v) is 2.09. The van der Waals surface area contributed by atoms with E-state index in [0.717, 1.165) is 22.6 Å². The number of benzene rings is 2. The molecule has 0 bridgehead atoms. The number of alkyl halides is 1. The van der Waals surface area contributed by atoms with Crippen LogP contribution in [0.25, 0.3) is 0 Å². The summed E-state index contributed by atoms with van der Waals surface area (Å²) in [6.07, 6.45) is 0.305. The van der Waals surface area contributed by atoms with E-state index < -0.39 is 0 Å². The number of carbonyl (C=O) groups excluding carboxylic acids is 1. The number of halogens is 1. The molecule has 4 heteroatoms. The van der Waals surface area contributed by atoms with Gasteiger partial charge in [0.05, 0.1) is 13.0 Å². The van der Waals surface area contributed by atoms with Crippen molar-refractivity contribution in [3.63, 3.8) is 0 Å². The summed E-state index contributed by atoms with van der Waals surface area (Å²) >= 11 is 5.77. The highest BCUT2D eigenvalue weighted by atomic mass is 35.5.